The van der Waals surface area contributed by atoms with E-state index in [2.05, 4.69) is 0 Å². The van der Waals surface area contributed by atoms with Crippen LogP contribution >= 0.6 is 0 Å². The van der Waals surface area contributed by atoms with Crippen molar-refractivity contribution in [3.8, 4) is 28.0 Å². The zero-order valence-corrected chi connectivity index (χ0v) is 18.1. The Morgan fingerprint density at radius 2 is 0.972 bits per heavy atom. The van der Waals surface area contributed by atoms with E-state index in [-0.39, 0.29) is 27.5 Å². The molecule has 0 radical (unpaired) electrons. The van der Waals surface area contributed by atoms with Gasteiger partial charge < -0.3 is 4.74 Å². The quantitative estimate of drug-likeness (QED) is 0.104. The largest absolute Gasteiger partial charge is 0.497 e. The Morgan fingerprint density at radius 1 is 0.472 bits per heavy atom. The molecule has 0 bridgehead atoms. The van der Waals surface area contributed by atoms with E-state index < -0.39 is 68.6 Å². The van der Waals surface area contributed by atoms with Crippen molar-refractivity contribution >= 4 is 21.5 Å². The standard InChI is InChI=1S/C27H12F8O/c1-36-11-9-16(29)21(17(30)10-11)20-13-6-3-2-5-12(13)18(14-7-4-8-15(28)19(14)20)22-23(31)25(33)27(35)26(34)24(22)32/h2-10H,1H3. The molecule has 0 aliphatic carbocycles. The molecule has 5 aromatic carbocycles. The van der Waals surface area contributed by atoms with Gasteiger partial charge in [-0.3, -0.25) is 0 Å². The number of ether oxygens (including phenoxy) is 1. The Balaban J connectivity index is 2.07. The van der Waals surface area contributed by atoms with E-state index in [0.717, 1.165) is 24.3 Å². The van der Waals surface area contributed by atoms with Gasteiger partial charge in [-0.25, -0.2) is 35.1 Å². The third-order valence-corrected chi connectivity index (χ3v) is 5.96. The average molecular weight is 504 g/mol. The lowest BCUT2D eigenvalue weighted by molar-refractivity contribution is 0.381. The van der Waals surface area contributed by atoms with Crippen molar-refractivity contribution in [2.45, 2.75) is 0 Å². The minimum Gasteiger partial charge on any atom is -0.497 e. The number of halogens is 8. The smallest absolute Gasteiger partial charge is 0.200 e. The van der Waals surface area contributed by atoms with E-state index >= 15 is 13.2 Å². The molecule has 0 fully saturated rings. The fraction of sp³-hybridized carbons (Fsp3) is 0.0370. The zero-order valence-electron chi connectivity index (χ0n) is 18.1. The van der Waals surface area contributed by atoms with Gasteiger partial charge in [-0.05, 0) is 22.2 Å². The molecule has 0 unspecified atom stereocenters. The van der Waals surface area contributed by atoms with Gasteiger partial charge >= 0.3 is 0 Å². The Bertz CT molecular complexity index is 1660. The molecule has 0 spiro atoms. The molecule has 5 aromatic rings. The Kier molecular flexibility index (Phi) is 5.58. The summed E-state index contributed by atoms with van der Waals surface area (Å²) in [6.45, 7) is 0. The maximum absolute atomic E-state index is 15.3. The van der Waals surface area contributed by atoms with Gasteiger partial charge in [0.2, 0.25) is 5.82 Å². The van der Waals surface area contributed by atoms with Gasteiger partial charge in [0.25, 0.3) is 0 Å². The predicted octanol–water partition coefficient (Wildman–Crippen LogP) is 8.45. The van der Waals surface area contributed by atoms with Crippen LogP contribution in [-0.2, 0) is 0 Å². The third-order valence-electron chi connectivity index (χ3n) is 5.96. The molecular formula is C27H12F8O. The summed E-state index contributed by atoms with van der Waals surface area (Å²) in [6, 6.07) is 10.4. The minimum absolute atomic E-state index is 0.0861. The fourth-order valence-electron chi connectivity index (χ4n) is 4.45. The van der Waals surface area contributed by atoms with Crippen LogP contribution in [0, 0.1) is 46.5 Å². The monoisotopic (exact) mass is 504 g/mol. The summed E-state index contributed by atoms with van der Waals surface area (Å²) < 4.78 is 122. The number of rotatable bonds is 3. The van der Waals surface area contributed by atoms with Crippen LogP contribution in [0.3, 0.4) is 0 Å². The fourth-order valence-corrected chi connectivity index (χ4v) is 4.45. The normalized spacial score (nSPS) is 11.5. The number of fused-ring (bicyclic) bond motifs is 2. The topological polar surface area (TPSA) is 9.23 Å². The first kappa shape index (κ1) is 23.6. The van der Waals surface area contributed by atoms with Crippen LogP contribution in [0.15, 0.2) is 54.6 Å². The van der Waals surface area contributed by atoms with E-state index in [4.69, 9.17) is 4.74 Å². The molecule has 5 rings (SSSR count). The van der Waals surface area contributed by atoms with E-state index in [0.29, 0.717) is 0 Å². The molecular weight excluding hydrogens is 492 g/mol. The summed E-state index contributed by atoms with van der Waals surface area (Å²) in [5, 5.41) is -1.000. The molecule has 182 valence electrons. The summed E-state index contributed by atoms with van der Waals surface area (Å²) >= 11 is 0. The van der Waals surface area contributed by atoms with Crippen LogP contribution < -0.4 is 4.74 Å². The highest BCUT2D eigenvalue weighted by Gasteiger charge is 2.31. The first-order chi connectivity index (χ1) is 17.2. The first-order valence-corrected chi connectivity index (χ1v) is 10.4. The van der Waals surface area contributed by atoms with Gasteiger partial charge in [0.15, 0.2) is 23.3 Å². The zero-order chi connectivity index (χ0) is 25.9. The van der Waals surface area contributed by atoms with Crippen LogP contribution in [0.25, 0.3) is 43.8 Å². The van der Waals surface area contributed by atoms with E-state index in [1.807, 2.05) is 0 Å². The van der Waals surface area contributed by atoms with Crippen molar-refractivity contribution < 1.29 is 39.9 Å². The molecule has 0 saturated heterocycles. The molecule has 0 heterocycles. The van der Waals surface area contributed by atoms with Gasteiger partial charge in [-0.2, -0.15) is 0 Å². The lowest BCUT2D eigenvalue weighted by atomic mass is 9.85. The van der Waals surface area contributed by atoms with Crippen LogP contribution in [0.5, 0.6) is 5.75 Å². The second-order valence-electron chi connectivity index (χ2n) is 7.87. The molecule has 9 heteroatoms. The summed E-state index contributed by atoms with van der Waals surface area (Å²) in [5.74, 6) is -14.4. The van der Waals surface area contributed by atoms with Gasteiger partial charge in [0, 0.05) is 28.6 Å². The van der Waals surface area contributed by atoms with E-state index in [9.17, 15) is 22.0 Å². The van der Waals surface area contributed by atoms with E-state index in [1.165, 1.54) is 37.4 Å². The predicted molar refractivity (Wildman–Crippen MR) is 119 cm³/mol. The maximum atomic E-state index is 15.3. The summed E-state index contributed by atoms with van der Waals surface area (Å²) in [7, 11) is 1.19. The number of methoxy groups -OCH3 is 1. The van der Waals surface area contributed by atoms with Crippen LogP contribution in [0.1, 0.15) is 0 Å². The van der Waals surface area contributed by atoms with Crippen molar-refractivity contribution in [2.24, 2.45) is 0 Å². The van der Waals surface area contributed by atoms with Crippen molar-refractivity contribution in [1.29, 1.82) is 0 Å². The molecule has 0 aromatic heterocycles. The minimum atomic E-state index is -2.35. The van der Waals surface area contributed by atoms with Crippen molar-refractivity contribution in [2.75, 3.05) is 7.11 Å². The number of hydrogen-bond acceptors (Lipinski definition) is 1. The van der Waals surface area contributed by atoms with Crippen molar-refractivity contribution in [3.05, 3.63) is 101 Å². The van der Waals surface area contributed by atoms with Gasteiger partial charge in [0.05, 0.1) is 18.2 Å². The van der Waals surface area contributed by atoms with Crippen molar-refractivity contribution in [1.82, 2.24) is 0 Å². The lowest BCUT2D eigenvalue weighted by Gasteiger charge is -2.20. The van der Waals surface area contributed by atoms with Gasteiger partial charge in [0.1, 0.15) is 23.2 Å². The second kappa shape index (κ2) is 8.51. The van der Waals surface area contributed by atoms with Crippen LogP contribution in [0.2, 0.25) is 0 Å². The second-order valence-corrected chi connectivity index (χ2v) is 7.87. The third kappa shape index (κ3) is 3.30. The highest BCUT2D eigenvalue weighted by Crippen LogP contribution is 2.47. The number of benzene rings is 5. The molecule has 0 amide bonds. The first-order valence-electron chi connectivity index (χ1n) is 10.4. The van der Waals surface area contributed by atoms with Gasteiger partial charge in [-0.15, -0.1) is 0 Å². The maximum Gasteiger partial charge on any atom is 0.200 e. The number of hydrogen-bond donors (Lipinski definition) is 0. The molecule has 0 aliphatic rings. The molecule has 36 heavy (non-hydrogen) atoms. The molecule has 0 aliphatic heterocycles. The Morgan fingerprint density at radius 3 is 1.53 bits per heavy atom. The van der Waals surface area contributed by atoms with Gasteiger partial charge in [-0.1, -0.05) is 36.4 Å². The van der Waals surface area contributed by atoms with E-state index in [1.54, 1.807) is 0 Å². The summed E-state index contributed by atoms with van der Waals surface area (Å²) in [5.41, 5.74) is -2.78. The highest BCUT2D eigenvalue weighted by molar-refractivity contribution is 6.21. The van der Waals surface area contributed by atoms with Crippen LogP contribution in [-0.4, -0.2) is 7.11 Å². The van der Waals surface area contributed by atoms with Crippen molar-refractivity contribution in [3.63, 3.8) is 0 Å². The SMILES string of the molecule is COc1cc(F)c(-c2c3ccccc3c(-c3c(F)c(F)c(F)c(F)c3F)c3cccc(F)c23)c(F)c1. The Hall–Kier alpha value is -4.14. The molecule has 0 atom stereocenters. The van der Waals surface area contributed by atoms with Crippen LogP contribution in [0.4, 0.5) is 35.1 Å². The molecule has 0 N–H and O–H groups in total. The molecule has 0 saturated carbocycles. The highest BCUT2D eigenvalue weighted by atomic mass is 19.2. The molecule has 1 nitrogen and oxygen atoms in total. The Labute approximate surface area is 198 Å². The summed E-state index contributed by atoms with van der Waals surface area (Å²) in [6.07, 6.45) is 0. The average Bonchev–Trinajstić information content (AvgIpc) is 2.86. The lowest BCUT2D eigenvalue weighted by Crippen LogP contribution is -2.05. The summed E-state index contributed by atoms with van der Waals surface area (Å²) in [4.78, 5) is 0.